The Morgan fingerprint density at radius 1 is 1.40 bits per heavy atom. The molecular formula is C18H23N3O4. The molecule has 1 aliphatic heterocycles. The predicted molar refractivity (Wildman–Crippen MR) is 90.9 cm³/mol. The molecule has 1 aromatic heterocycles. The minimum absolute atomic E-state index is 0.114. The molecule has 7 nitrogen and oxygen atoms in total. The summed E-state index contributed by atoms with van der Waals surface area (Å²) in [7, 11) is 1.64. The lowest BCUT2D eigenvalue weighted by Gasteiger charge is -2.24. The number of methoxy groups -OCH3 is 1. The largest absolute Gasteiger partial charge is 0.493 e. The van der Waals surface area contributed by atoms with Crippen LogP contribution in [0.2, 0.25) is 0 Å². The third-order valence-corrected chi connectivity index (χ3v) is 4.85. The van der Waals surface area contributed by atoms with Gasteiger partial charge in [-0.05, 0) is 37.0 Å². The Morgan fingerprint density at radius 2 is 2.32 bits per heavy atom. The summed E-state index contributed by atoms with van der Waals surface area (Å²) in [6.45, 7) is 1.62. The van der Waals surface area contributed by atoms with Gasteiger partial charge in [-0.1, -0.05) is 0 Å². The van der Waals surface area contributed by atoms with Crippen LogP contribution in [0.15, 0.2) is 18.3 Å². The SMILES string of the molecule is COc1cc(CNC2CCCc3c2cnn3CCO)cc2c1OCO2. The van der Waals surface area contributed by atoms with Crippen LogP contribution >= 0.6 is 0 Å². The molecule has 2 aliphatic rings. The molecule has 134 valence electrons. The maximum Gasteiger partial charge on any atom is 0.231 e. The van der Waals surface area contributed by atoms with Crippen molar-refractivity contribution in [1.82, 2.24) is 15.1 Å². The molecule has 0 bridgehead atoms. The van der Waals surface area contributed by atoms with Gasteiger partial charge in [-0.2, -0.15) is 5.10 Å². The van der Waals surface area contributed by atoms with E-state index in [0.717, 1.165) is 30.6 Å². The number of fused-ring (bicyclic) bond motifs is 2. The van der Waals surface area contributed by atoms with Gasteiger partial charge in [0.1, 0.15) is 0 Å². The van der Waals surface area contributed by atoms with Crippen LogP contribution in [0.5, 0.6) is 17.2 Å². The number of hydrogen-bond donors (Lipinski definition) is 2. The van der Waals surface area contributed by atoms with E-state index in [-0.39, 0.29) is 19.4 Å². The summed E-state index contributed by atoms with van der Waals surface area (Å²) in [4.78, 5) is 0. The molecule has 2 N–H and O–H groups in total. The Morgan fingerprint density at radius 3 is 3.16 bits per heavy atom. The Labute approximate surface area is 146 Å². The molecule has 0 radical (unpaired) electrons. The lowest BCUT2D eigenvalue weighted by molar-refractivity contribution is 0.171. The first-order valence-corrected chi connectivity index (χ1v) is 8.65. The molecule has 0 amide bonds. The van der Waals surface area contributed by atoms with Gasteiger partial charge in [0.05, 0.1) is 26.5 Å². The number of ether oxygens (including phenoxy) is 3. The zero-order valence-corrected chi connectivity index (χ0v) is 14.3. The number of aliphatic hydroxyl groups is 1. The molecule has 0 saturated heterocycles. The van der Waals surface area contributed by atoms with E-state index < -0.39 is 0 Å². The van der Waals surface area contributed by atoms with Crippen molar-refractivity contribution >= 4 is 0 Å². The summed E-state index contributed by atoms with van der Waals surface area (Å²) in [6.07, 6.45) is 5.15. The quantitative estimate of drug-likeness (QED) is 0.831. The minimum atomic E-state index is 0.114. The number of benzene rings is 1. The van der Waals surface area contributed by atoms with Crippen LogP contribution in [-0.4, -0.2) is 35.4 Å². The van der Waals surface area contributed by atoms with Crippen molar-refractivity contribution in [2.45, 2.75) is 38.4 Å². The third-order valence-electron chi connectivity index (χ3n) is 4.85. The minimum Gasteiger partial charge on any atom is -0.493 e. The highest BCUT2D eigenvalue weighted by Crippen LogP contribution is 2.42. The van der Waals surface area contributed by atoms with Crippen molar-refractivity contribution in [3.05, 3.63) is 35.2 Å². The molecular weight excluding hydrogens is 322 g/mol. The van der Waals surface area contributed by atoms with Crippen LogP contribution in [0.1, 0.15) is 35.7 Å². The standard InChI is InChI=1S/C18H23N3O4/c1-23-16-7-12(8-17-18(16)25-11-24-17)9-19-14-3-2-4-15-13(14)10-20-21(15)5-6-22/h7-8,10,14,19,22H,2-6,9,11H2,1H3. The maximum atomic E-state index is 9.17. The molecule has 7 heteroatoms. The molecule has 0 spiro atoms. The van der Waals surface area contributed by atoms with E-state index in [1.807, 2.05) is 23.0 Å². The number of aliphatic hydroxyl groups excluding tert-OH is 1. The fourth-order valence-corrected chi connectivity index (χ4v) is 3.65. The maximum absolute atomic E-state index is 9.17. The van der Waals surface area contributed by atoms with Crippen molar-refractivity contribution in [2.75, 3.05) is 20.5 Å². The van der Waals surface area contributed by atoms with Crippen LogP contribution in [0.4, 0.5) is 0 Å². The van der Waals surface area contributed by atoms with Crippen LogP contribution in [0, 0.1) is 0 Å². The van der Waals surface area contributed by atoms with Gasteiger partial charge < -0.3 is 24.6 Å². The Bertz CT molecular complexity index is 759. The summed E-state index contributed by atoms with van der Waals surface area (Å²) in [5.41, 5.74) is 3.57. The van der Waals surface area contributed by atoms with Gasteiger partial charge in [-0.3, -0.25) is 4.68 Å². The van der Waals surface area contributed by atoms with Gasteiger partial charge in [-0.15, -0.1) is 0 Å². The van der Waals surface area contributed by atoms with E-state index in [1.165, 1.54) is 11.3 Å². The average Bonchev–Trinajstić information content (AvgIpc) is 3.27. The molecule has 1 unspecified atom stereocenters. The fraction of sp³-hybridized carbons (Fsp3) is 0.500. The smallest absolute Gasteiger partial charge is 0.231 e. The van der Waals surface area contributed by atoms with Gasteiger partial charge in [0, 0.05) is 23.8 Å². The highest BCUT2D eigenvalue weighted by atomic mass is 16.7. The summed E-state index contributed by atoms with van der Waals surface area (Å²) in [5.74, 6) is 2.11. The van der Waals surface area contributed by atoms with E-state index >= 15 is 0 Å². The van der Waals surface area contributed by atoms with Gasteiger partial charge in [0.15, 0.2) is 11.5 Å². The molecule has 0 fully saturated rings. The number of hydrogen-bond acceptors (Lipinski definition) is 6. The van der Waals surface area contributed by atoms with Crippen molar-refractivity contribution in [3.8, 4) is 17.2 Å². The van der Waals surface area contributed by atoms with Crippen LogP contribution < -0.4 is 19.5 Å². The van der Waals surface area contributed by atoms with Crippen molar-refractivity contribution in [2.24, 2.45) is 0 Å². The molecule has 1 atom stereocenters. The van der Waals surface area contributed by atoms with Gasteiger partial charge in [0.2, 0.25) is 12.5 Å². The first-order chi connectivity index (χ1) is 12.3. The van der Waals surface area contributed by atoms with Gasteiger partial charge in [-0.25, -0.2) is 0 Å². The Hall–Kier alpha value is -2.25. The Balaban J connectivity index is 1.50. The van der Waals surface area contributed by atoms with Gasteiger partial charge >= 0.3 is 0 Å². The van der Waals surface area contributed by atoms with E-state index in [9.17, 15) is 5.11 Å². The first-order valence-electron chi connectivity index (χ1n) is 8.65. The zero-order valence-electron chi connectivity index (χ0n) is 14.3. The number of nitrogens with zero attached hydrogens (tertiary/aromatic N) is 2. The molecule has 2 aromatic rings. The zero-order chi connectivity index (χ0) is 17.2. The highest BCUT2D eigenvalue weighted by Gasteiger charge is 2.25. The molecule has 1 aromatic carbocycles. The normalized spacial score (nSPS) is 18.2. The first kappa shape index (κ1) is 16.2. The van der Waals surface area contributed by atoms with Crippen LogP contribution in [-0.2, 0) is 19.5 Å². The summed E-state index contributed by atoms with van der Waals surface area (Å²) < 4.78 is 18.3. The fourth-order valence-electron chi connectivity index (χ4n) is 3.65. The third kappa shape index (κ3) is 3.05. The summed E-state index contributed by atoms with van der Waals surface area (Å²) in [5, 5.41) is 17.2. The number of nitrogens with one attached hydrogen (secondary N) is 1. The second-order valence-corrected chi connectivity index (χ2v) is 6.35. The van der Waals surface area contributed by atoms with Crippen molar-refractivity contribution in [1.29, 1.82) is 0 Å². The van der Waals surface area contributed by atoms with Crippen LogP contribution in [0.25, 0.3) is 0 Å². The number of aromatic nitrogens is 2. The topological polar surface area (TPSA) is 77.8 Å². The Kier molecular flexibility index (Phi) is 4.50. The van der Waals surface area contributed by atoms with E-state index in [0.29, 0.717) is 24.6 Å². The number of rotatable bonds is 6. The molecule has 0 saturated carbocycles. The molecule has 4 rings (SSSR count). The predicted octanol–water partition coefficient (Wildman–Crippen LogP) is 1.78. The van der Waals surface area contributed by atoms with Gasteiger partial charge in [0.25, 0.3) is 0 Å². The van der Waals surface area contributed by atoms with Crippen molar-refractivity contribution < 1.29 is 19.3 Å². The van der Waals surface area contributed by atoms with Crippen LogP contribution in [0.3, 0.4) is 0 Å². The second kappa shape index (κ2) is 6.93. The molecule has 2 heterocycles. The summed E-state index contributed by atoms with van der Waals surface area (Å²) in [6, 6.07) is 4.25. The van der Waals surface area contributed by atoms with E-state index in [2.05, 4.69) is 10.4 Å². The van der Waals surface area contributed by atoms with E-state index in [4.69, 9.17) is 14.2 Å². The summed E-state index contributed by atoms with van der Waals surface area (Å²) >= 11 is 0. The van der Waals surface area contributed by atoms with Crippen molar-refractivity contribution in [3.63, 3.8) is 0 Å². The molecule has 25 heavy (non-hydrogen) atoms. The lowest BCUT2D eigenvalue weighted by Crippen LogP contribution is -2.25. The average molecular weight is 345 g/mol. The monoisotopic (exact) mass is 345 g/mol. The lowest BCUT2D eigenvalue weighted by atomic mass is 9.92. The van der Waals surface area contributed by atoms with E-state index in [1.54, 1.807) is 7.11 Å². The highest BCUT2D eigenvalue weighted by molar-refractivity contribution is 5.55. The molecule has 1 aliphatic carbocycles. The second-order valence-electron chi connectivity index (χ2n) is 6.35.